The van der Waals surface area contributed by atoms with Crippen LogP contribution in [0.1, 0.15) is 56.4 Å². The lowest BCUT2D eigenvalue weighted by molar-refractivity contribution is 0.0495. The van der Waals surface area contributed by atoms with Crippen molar-refractivity contribution in [3.63, 3.8) is 0 Å². The van der Waals surface area contributed by atoms with E-state index in [1.807, 2.05) is 0 Å². The molecule has 0 fully saturated rings. The third-order valence-corrected chi connectivity index (χ3v) is 8.30. The fourth-order valence-electron chi connectivity index (χ4n) is 3.49. The second-order valence-corrected chi connectivity index (χ2v) is 14.7. The highest BCUT2D eigenvalue weighted by molar-refractivity contribution is 14.1. The lowest BCUT2D eigenvalue weighted by atomic mass is 9.89. The summed E-state index contributed by atoms with van der Waals surface area (Å²) in [5.74, 6) is 0.974. The third-order valence-electron chi connectivity index (χ3n) is 5.40. The van der Waals surface area contributed by atoms with E-state index < -0.39 is 0 Å². The SMILES string of the molecule is CCC(C)(Pc1ccccc1CN(C)I)c1cc(C(C)(C)I)cc(C)c1OCOC. The standard InChI is InChI=1S/C24H34I2NO2P/c1-8-24(5,30-21-12-10-9-11-18(21)15-27(6)26)20-14-19(23(3,4)25)13-17(2)22(20)29-16-28-7/h9-14,30H,8,15-16H2,1-7H3. The Morgan fingerprint density at radius 3 is 2.37 bits per heavy atom. The summed E-state index contributed by atoms with van der Waals surface area (Å²) in [6, 6.07) is 13.5. The van der Waals surface area contributed by atoms with Crippen LogP contribution >= 0.6 is 54.0 Å². The molecule has 3 nitrogen and oxygen atoms in total. The van der Waals surface area contributed by atoms with Crippen LogP contribution in [0.4, 0.5) is 0 Å². The Bertz CT molecular complexity index is 852. The molecule has 0 aliphatic rings. The predicted molar refractivity (Wildman–Crippen MR) is 148 cm³/mol. The van der Waals surface area contributed by atoms with Gasteiger partial charge in [-0.15, -0.1) is 0 Å². The molecule has 0 aromatic heterocycles. The first-order chi connectivity index (χ1) is 14.0. The van der Waals surface area contributed by atoms with E-state index in [-0.39, 0.29) is 15.4 Å². The van der Waals surface area contributed by atoms with Gasteiger partial charge in [0.1, 0.15) is 5.75 Å². The van der Waals surface area contributed by atoms with Crippen molar-refractivity contribution >= 4 is 59.3 Å². The maximum absolute atomic E-state index is 6.14. The minimum atomic E-state index is -0.0221. The number of ether oxygens (including phenoxy) is 2. The van der Waals surface area contributed by atoms with E-state index in [1.54, 1.807) is 7.11 Å². The number of benzene rings is 2. The number of hydrogen-bond donors (Lipinski definition) is 0. The number of aryl methyl sites for hydroxylation is 1. The van der Waals surface area contributed by atoms with E-state index >= 15 is 0 Å². The van der Waals surface area contributed by atoms with Gasteiger partial charge in [-0.2, -0.15) is 0 Å². The molecule has 2 aromatic carbocycles. The van der Waals surface area contributed by atoms with E-state index in [0.29, 0.717) is 8.58 Å². The number of halogens is 2. The highest BCUT2D eigenvalue weighted by Gasteiger charge is 2.32. The molecule has 0 amide bonds. The van der Waals surface area contributed by atoms with Crippen molar-refractivity contribution in [1.29, 1.82) is 0 Å². The summed E-state index contributed by atoms with van der Waals surface area (Å²) >= 11 is 4.89. The topological polar surface area (TPSA) is 21.7 Å². The largest absolute Gasteiger partial charge is 0.467 e. The third kappa shape index (κ3) is 6.77. The van der Waals surface area contributed by atoms with E-state index in [4.69, 9.17) is 9.47 Å². The summed E-state index contributed by atoms with van der Waals surface area (Å²) in [6.07, 6.45) is 1.04. The van der Waals surface area contributed by atoms with E-state index in [2.05, 4.69) is 127 Å². The van der Waals surface area contributed by atoms with E-state index in [0.717, 1.165) is 18.7 Å². The van der Waals surface area contributed by atoms with Crippen LogP contribution in [0.25, 0.3) is 0 Å². The number of methoxy groups -OCH3 is 1. The fraction of sp³-hybridized carbons (Fsp3) is 0.500. The zero-order valence-corrected chi connectivity index (χ0v) is 24.4. The predicted octanol–water partition coefficient (Wildman–Crippen LogP) is 7.06. The number of rotatable bonds is 10. The van der Waals surface area contributed by atoms with Gasteiger partial charge in [-0.1, -0.05) is 75.4 Å². The van der Waals surface area contributed by atoms with Crippen LogP contribution in [0, 0.1) is 6.92 Å². The van der Waals surface area contributed by atoms with Gasteiger partial charge in [0.2, 0.25) is 0 Å². The molecule has 2 aromatic rings. The summed E-state index contributed by atoms with van der Waals surface area (Å²) in [4.78, 5) is 0. The van der Waals surface area contributed by atoms with Gasteiger partial charge >= 0.3 is 0 Å². The van der Waals surface area contributed by atoms with Crippen LogP contribution in [0.2, 0.25) is 0 Å². The molecule has 2 rings (SSSR count). The fourth-order valence-corrected chi connectivity index (χ4v) is 5.77. The summed E-state index contributed by atoms with van der Waals surface area (Å²) in [5, 5.41) is 1.41. The minimum absolute atomic E-state index is 0.0221. The van der Waals surface area contributed by atoms with Gasteiger partial charge in [-0.25, -0.2) is 3.11 Å². The zero-order valence-electron chi connectivity index (χ0n) is 19.1. The monoisotopic (exact) mass is 653 g/mol. The maximum atomic E-state index is 6.14. The first-order valence-electron chi connectivity index (χ1n) is 10.2. The van der Waals surface area contributed by atoms with Gasteiger partial charge in [0.15, 0.2) is 6.79 Å². The lowest BCUT2D eigenvalue weighted by Gasteiger charge is -2.34. The van der Waals surface area contributed by atoms with Crippen molar-refractivity contribution in [2.75, 3.05) is 21.0 Å². The van der Waals surface area contributed by atoms with Crippen molar-refractivity contribution in [1.82, 2.24) is 3.11 Å². The Morgan fingerprint density at radius 1 is 1.13 bits per heavy atom. The molecular formula is C24H34I2NO2P. The van der Waals surface area contributed by atoms with Gasteiger partial charge in [0.05, 0.1) is 0 Å². The normalized spacial score (nSPS) is 14.5. The van der Waals surface area contributed by atoms with E-state index in [1.165, 1.54) is 27.6 Å². The van der Waals surface area contributed by atoms with E-state index in [9.17, 15) is 0 Å². The molecule has 0 bridgehead atoms. The Hall–Kier alpha value is 0.0500. The number of alkyl halides is 1. The van der Waals surface area contributed by atoms with Crippen molar-refractivity contribution in [3.8, 4) is 5.75 Å². The van der Waals surface area contributed by atoms with Gasteiger partial charge in [0.25, 0.3) is 0 Å². The molecule has 0 aliphatic carbocycles. The van der Waals surface area contributed by atoms with Gasteiger partial charge in [0, 0.05) is 50.7 Å². The molecule has 0 radical (unpaired) electrons. The molecule has 0 saturated heterocycles. The molecule has 0 N–H and O–H groups in total. The molecular weight excluding hydrogens is 619 g/mol. The van der Waals surface area contributed by atoms with Gasteiger partial charge in [-0.3, -0.25) is 0 Å². The number of hydrogen-bond acceptors (Lipinski definition) is 3. The zero-order chi connectivity index (χ0) is 22.5. The minimum Gasteiger partial charge on any atom is -0.467 e. The number of nitrogens with zero attached hydrogens (tertiary/aromatic N) is 1. The van der Waals surface area contributed by atoms with Gasteiger partial charge < -0.3 is 9.47 Å². The Labute approximate surface area is 212 Å². The van der Waals surface area contributed by atoms with Gasteiger partial charge in [-0.05, 0) is 62.3 Å². The average molecular weight is 653 g/mol. The second kappa shape index (κ2) is 11.3. The lowest BCUT2D eigenvalue weighted by Crippen LogP contribution is -2.23. The van der Waals surface area contributed by atoms with Crippen LogP contribution in [0.15, 0.2) is 36.4 Å². The summed E-state index contributed by atoms with van der Waals surface area (Å²) in [7, 11) is 4.44. The van der Waals surface area contributed by atoms with Crippen LogP contribution in [0.3, 0.4) is 0 Å². The maximum Gasteiger partial charge on any atom is 0.188 e. The summed E-state index contributed by atoms with van der Waals surface area (Å²) in [6.45, 7) is 12.6. The molecule has 6 heteroatoms. The quantitative estimate of drug-likeness (QED) is 0.0902. The molecule has 2 unspecified atom stereocenters. The first kappa shape index (κ1) is 26.3. The average Bonchev–Trinajstić information content (AvgIpc) is 2.66. The second-order valence-electron chi connectivity index (χ2n) is 8.42. The van der Waals surface area contributed by atoms with Crippen LogP contribution in [-0.4, -0.2) is 24.1 Å². The molecule has 0 aliphatic heterocycles. The molecule has 166 valence electrons. The van der Waals surface area contributed by atoms with Crippen molar-refractivity contribution in [2.45, 2.75) is 56.2 Å². The van der Waals surface area contributed by atoms with Crippen molar-refractivity contribution in [3.05, 3.63) is 58.7 Å². The summed E-state index contributed by atoms with van der Waals surface area (Å²) in [5.41, 5.74) is 5.20. The first-order valence-corrected chi connectivity index (χ1v) is 13.3. The van der Waals surface area contributed by atoms with Crippen molar-refractivity contribution in [2.24, 2.45) is 0 Å². The Morgan fingerprint density at radius 2 is 1.80 bits per heavy atom. The molecule has 0 saturated carbocycles. The molecule has 0 heterocycles. The highest BCUT2D eigenvalue weighted by atomic mass is 127. The molecule has 2 atom stereocenters. The Kier molecular flexibility index (Phi) is 9.87. The molecule has 0 spiro atoms. The van der Waals surface area contributed by atoms with Crippen LogP contribution in [0.5, 0.6) is 5.75 Å². The molecule has 30 heavy (non-hydrogen) atoms. The smallest absolute Gasteiger partial charge is 0.188 e. The van der Waals surface area contributed by atoms with Crippen LogP contribution in [-0.2, 0) is 19.9 Å². The van der Waals surface area contributed by atoms with Crippen LogP contribution < -0.4 is 10.0 Å². The van der Waals surface area contributed by atoms with Crippen molar-refractivity contribution < 1.29 is 9.47 Å². The Balaban J connectivity index is 2.61. The highest BCUT2D eigenvalue weighted by Crippen LogP contribution is 2.50. The summed E-state index contributed by atoms with van der Waals surface area (Å²) < 4.78 is 13.6.